The Labute approximate surface area is 174 Å². The summed E-state index contributed by atoms with van der Waals surface area (Å²) in [5, 5.41) is 11.6. The molecule has 1 aliphatic rings. The first-order valence-electron chi connectivity index (χ1n) is 9.33. The normalized spacial score (nSPS) is 16.0. The maximum Gasteiger partial charge on any atom is 0.272 e. The maximum absolute atomic E-state index is 13.0. The zero-order valence-electron chi connectivity index (χ0n) is 16.3. The van der Waals surface area contributed by atoms with E-state index in [0.29, 0.717) is 35.7 Å². The van der Waals surface area contributed by atoms with E-state index in [1.165, 1.54) is 18.2 Å². The first-order valence-corrected chi connectivity index (χ1v) is 9.71. The molecule has 1 aliphatic heterocycles. The van der Waals surface area contributed by atoms with Crippen LogP contribution in [0, 0.1) is 17.0 Å². The highest BCUT2D eigenvalue weighted by atomic mass is 35.5. The number of hydrogen-bond donors (Lipinski definition) is 0. The molecule has 0 saturated carbocycles. The fourth-order valence-corrected chi connectivity index (χ4v) is 3.88. The summed E-state index contributed by atoms with van der Waals surface area (Å²) in [5.74, 6) is -0.413. The van der Waals surface area contributed by atoms with Gasteiger partial charge in [-0.1, -0.05) is 23.7 Å². The molecule has 1 atom stereocenters. The van der Waals surface area contributed by atoms with E-state index in [4.69, 9.17) is 11.6 Å². The molecule has 152 valence electrons. The molecule has 2 aromatic carbocycles. The molecule has 0 aliphatic carbocycles. The number of halogens is 1. The number of carbonyl (C=O) groups is 2. The highest BCUT2D eigenvalue weighted by molar-refractivity contribution is 6.30. The van der Waals surface area contributed by atoms with Gasteiger partial charge < -0.3 is 9.80 Å². The van der Waals surface area contributed by atoms with E-state index < -0.39 is 11.0 Å². The van der Waals surface area contributed by atoms with Gasteiger partial charge in [0.1, 0.15) is 6.04 Å². The number of nitrogens with zero attached hydrogens (tertiary/aromatic N) is 3. The van der Waals surface area contributed by atoms with E-state index in [0.717, 1.165) is 12.0 Å². The van der Waals surface area contributed by atoms with E-state index in [2.05, 4.69) is 0 Å². The molecule has 8 heteroatoms. The summed E-state index contributed by atoms with van der Waals surface area (Å²) in [5.41, 5.74) is 1.65. The average Bonchev–Trinajstić information content (AvgIpc) is 3.16. The van der Waals surface area contributed by atoms with Crippen LogP contribution in [-0.2, 0) is 11.3 Å². The van der Waals surface area contributed by atoms with Crippen molar-refractivity contribution in [2.45, 2.75) is 32.4 Å². The molecule has 3 rings (SSSR count). The lowest BCUT2D eigenvalue weighted by Crippen LogP contribution is -2.46. The smallest absolute Gasteiger partial charge is 0.272 e. The lowest BCUT2D eigenvalue weighted by molar-refractivity contribution is -0.385. The number of hydrogen-bond acceptors (Lipinski definition) is 4. The monoisotopic (exact) mass is 415 g/mol. The molecule has 29 heavy (non-hydrogen) atoms. The number of likely N-dealkylation sites (N-methyl/N-ethyl adjacent to an activating group) is 1. The van der Waals surface area contributed by atoms with Gasteiger partial charge in [0.25, 0.3) is 11.6 Å². The molecule has 0 radical (unpaired) electrons. The van der Waals surface area contributed by atoms with Crippen molar-refractivity contribution in [3.63, 3.8) is 0 Å². The molecular formula is C21H22ClN3O4. The van der Waals surface area contributed by atoms with Gasteiger partial charge in [0.15, 0.2) is 0 Å². The Hall–Kier alpha value is -2.93. The molecule has 2 amide bonds. The molecule has 0 N–H and O–H groups in total. The second-order valence-corrected chi connectivity index (χ2v) is 7.68. The van der Waals surface area contributed by atoms with Crippen molar-refractivity contribution in [1.82, 2.24) is 9.80 Å². The van der Waals surface area contributed by atoms with Crippen LogP contribution in [0.5, 0.6) is 0 Å². The van der Waals surface area contributed by atoms with Crippen molar-refractivity contribution < 1.29 is 14.5 Å². The van der Waals surface area contributed by atoms with Crippen molar-refractivity contribution >= 4 is 29.1 Å². The lowest BCUT2D eigenvalue weighted by atomic mass is 10.1. The molecule has 1 heterocycles. The topological polar surface area (TPSA) is 83.8 Å². The Morgan fingerprint density at radius 2 is 2.03 bits per heavy atom. The van der Waals surface area contributed by atoms with Crippen LogP contribution >= 0.6 is 11.6 Å². The molecule has 0 bridgehead atoms. The zero-order valence-corrected chi connectivity index (χ0v) is 17.1. The minimum Gasteiger partial charge on any atom is -0.340 e. The standard InChI is InChI=1S/C21H22ClN3O4/c1-14-11-16(8-9-18(14)25(28)29)20(26)24-10-4-7-19(24)21(27)23(2)13-15-5-3-6-17(22)12-15/h3,5-6,8-9,11-12,19H,4,7,10,13H2,1-2H3. The Morgan fingerprint density at radius 1 is 1.28 bits per heavy atom. The minimum absolute atomic E-state index is 0.0307. The summed E-state index contributed by atoms with van der Waals surface area (Å²) in [6, 6.07) is 11.1. The summed E-state index contributed by atoms with van der Waals surface area (Å²) in [4.78, 5) is 39.7. The minimum atomic E-state index is -0.540. The number of amides is 2. The van der Waals surface area contributed by atoms with Crippen molar-refractivity contribution in [2.24, 2.45) is 0 Å². The molecule has 7 nitrogen and oxygen atoms in total. The van der Waals surface area contributed by atoms with Crippen LogP contribution in [0.2, 0.25) is 5.02 Å². The highest BCUT2D eigenvalue weighted by Crippen LogP contribution is 2.25. The van der Waals surface area contributed by atoms with Crippen molar-refractivity contribution in [1.29, 1.82) is 0 Å². The number of carbonyl (C=O) groups excluding carboxylic acids is 2. The second kappa shape index (κ2) is 8.61. The quantitative estimate of drug-likeness (QED) is 0.549. The van der Waals surface area contributed by atoms with Gasteiger partial charge in [0.2, 0.25) is 5.91 Å². The fourth-order valence-electron chi connectivity index (χ4n) is 3.67. The van der Waals surface area contributed by atoms with Gasteiger partial charge in [-0.2, -0.15) is 0 Å². The Bertz CT molecular complexity index is 963. The predicted octanol–water partition coefficient (Wildman–Crippen LogP) is 3.82. The number of nitro benzene ring substituents is 1. The molecule has 2 aromatic rings. The van der Waals surface area contributed by atoms with Crippen molar-refractivity contribution in [2.75, 3.05) is 13.6 Å². The van der Waals surface area contributed by atoms with Gasteiger partial charge in [0.05, 0.1) is 4.92 Å². The molecule has 1 saturated heterocycles. The van der Waals surface area contributed by atoms with Gasteiger partial charge in [-0.3, -0.25) is 19.7 Å². The van der Waals surface area contributed by atoms with Crippen LogP contribution in [0.25, 0.3) is 0 Å². The van der Waals surface area contributed by atoms with Crippen LogP contribution in [0.3, 0.4) is 0 Å². The number of rotatable bonds is 5. The van der Waals surface area contributed by atoms with E-state index in [1.807, 2.05) is 18.2 Å². The van der Waals surface area contributed by atoms with E-state index in [9.17, 15) is 19.7 Å². The third-order valence-electron chi connectivity index (χ3n) is 5.12. The summed E-state index contributed by atoms with van der Waals surface area (Å²) >= 11 is 6.01. The maximum atomic E-state index is 13.0. The SMILES string of the molecule is Cc1cc(C(=O)N2CCCC2C(=O)N(C)Cc2cccc(Cl)c2)ccc1[N+](=O)[O-]. The van der Waals surface area contributed by atoms with Crippen LogP contribution < -0.4 is 0 Å². The fraction of sp³-hybridized carbons (Fsp3) is 0.333. The second-order valence-electron chi connectivity index (χ2n) is 7.24. The largest absolute Gasteiger partial charge is 0.340 e. The number of likely N-dealkylation sites (tertiary alicyclic amines) is 1. The number of benzene rings is 2. The Morgan fingerprint density at radius 3 is 2.69 bits per heavy atom. The number of nitro groups is 1. The molecular weight excluding hydrogens is 394 g/mol. The summed E-state index contributed by atoms with van der Waals surface area (Å²) < 4.78 is 0. The summed E-state index contributed by atoms with van der Waals surface area (Å²) in [6.45, 7) is 2.48. The van der Waals surface area contributed by atoms with Crippen molar-refractivity contribution in [3.8, 4) is 0 Å². The first-order chi connectivity index (χ1) is 13.8. The van der Waals surface area contributed by atoms with Crippen LogP contribution in [-0.4, -0.2) is 46.2 Å². The van der Waals surface area contributed by atoms with E-state index in [-0.39, 0.29) is 17.5 Å². The Balaban J connectivity index is 1.74. The van der Waals surface area contributed by atoms with Crippen LogP contribution in [0.4, 0.5) is 5.69 Å². The van der Waals surface area contributed by atoms with Crippen LogP contribution in [0.1, 0.15) is 34.3 Å². The lowest BCUT2D eigenvalue weighted by Gasteiger charge is -2.28. The number of aryl methyl sites for hydroxylation is 1. The van der Waals surface area contributed by atoms with Gasteiger partial charge in [-0.15, -0.1) is 0 Å². The highest BCUT2D eigenvalue weighted by Gasteiger charge is 2.36. The third-order valence-corrected chi connectivity index (χ3v) is 5.36. The predicted molar refractivity (Wildman–Crippen MR) is 110 cm³/mol. The molecule has 1 unspecified atom stereocenters. The zero-order chi connectivity index (χ0) is 21.1. The van der Waals surface area contributed by atoms with E-state index >= 15 is 0 Å². The summed E-state index contributed by atoms with van der Waals surface area (Å²) in [7, 11) is 1.71. The van der Waals surface area contributed by atoms with Gasteiger partial charge in [-0.25, -0.2) is 0 Å². The molecule has 0 spiro atoms. The molecule has 1 fully saturated rings. The summed E-state index contributed by atoms with van der Waals surface area (Å²) in [6.07, 6.45) is 1.33. The first kappa shape index (κ1) is 20.8. The Kier molecular flexibility index (Phi) is 6.17. The van der Waals surface area contributed by atoms with Crippen molar-refractivity contribution in [3.05, 3.63) is 74.3 Å². The average molecular weight is 416 g/mol. The van der Waals surface area contributed by atoms with Gasteiger partial charge >= 0.3 is 0 Å². The van der Waals surface area contributed by atoms with Gasteiger partial charge in [0, 0.05) is 42.4 Å². The third kappa shape index (κ3) is 4.56. The van der Waals surface area contributed by atoms with Gasteiger partial charge in [-0.05, 0) is 49.6 Å². The van der Waals surface area contributed by atoms with E-state index in [1.54, 1.807) is 29.8 Å². The van der Waals surface area contributed by atoms with Crippen LogP contribution in [0.15, 0.2) is 42.5 Å². The molecule has 0 aromatic heterocycles.